The Balaban J connectivity index is 2.50. The molecular weight excluding hydrogens is 258 g/mol. The van der Waals surface area contributed by atoms with Crippen LogP contribution in [0.1, 0.15) is 37.2 Å². The second-order valence-corrected chi connectivity index (χ2v) is 4.81. The Morgan fingerprint density at radius 2 is 1.80 bits per heavy atom. The van der Waals surface area contributed by atoms with E-state index in [1.54, 1.807) is 21.3 Å². The van der Waals surface area contributed by atoms with Crippen molar-refractivity contribution in [3.05, 3.63) is 17.7 Å². The normalized spacial score (nSPS) is 20.8. The maximum Gasteiger partial charge on any atom is 0.203 e. The third-order valence-corrected chi connectivity index (χ3v) is 3.82. The first-order valence-electron chi connectivity index (χ1n) is 6.76. The van der Waals surface area contributed by atoms with Gasteiger partial charge in [-0.05, 0) is 25.3 Å². The van der Waals surface area contributed by atoms with Crippen LogP contribution in [0.4, 0.5) is 0 Å². The van der Waals surface area contributed by atoms with Crippen LogP contribution in [0.5, 0.6) is 17.2 Å². The zero-order valence-electron chi connectivity index (χ0n) is 12.2. The van der Waals surface area contributed by atoms with Crippen molar-refractivity contribution in [3.8, 4) is 17.2 Å². The molecule has 0 bridgehead atoms. The summed E-state index contributed by atoms with van der Waals surface area (Å²) in [5, 5.41) is 12.7. The fourth-order valence-corrected chi connectivity index (χ4v) is 2.85. The minimum atomic E-state index is 0.0727. The van der Waals surface area contributed by atoms with E-state index in [0.717, 1.165) is 37.0 Å². The highest BCUT2D eigenvalue weighted by atomic mass is 16.5. The summed E-state index contributed by atoms with van der Waals surface area (Å²) in [4.78, 5) is 0. The van der Waals surface area contributed by atoms with Crippen molar-refractivity contribution in [3.63, 3.8) is 0 Å². The van der Waals surface area contributed by atoms with Crippen molar-refractivity contribution in [2.45, 2.75) is 31.6 Å². The highest BCUT2D eigenvalue weighted by molar-refractivity contribution is 5.92. The summed E-state index contributed by atoms with van der Waals surface area (Å²) in [5.41, 5.74) is 1.79. The van der Waals surface area contributed by atoms with E-state index in [4.69, 9.17) is 14.2 Å². The number of oxime groups is 1. The minimum absolute atomic E-state index is 0.0727. The van der Waals surface area contributed by atoms with Crippen LogP contribution in [0.2, 0.25) is 0 Å². The molecular formula is C15H21NO4. The standard InChI is InChI=1S/C15H21NO4/c1-18-13-9-8-11(14(19-2)15(13)20-3)10-6-4-5-7-12(10)16-17/h8-10,17H,4-7H2,1-3H3/b16-12-/t10-/m0/s1. The van der Waals surface area contributed by atoms with Gasteiger partial charge in [0, 0.05) is 11.5 Å². The molecule has 110 valence electrons. The third kappa shape index (κ3) is 2.53. The van der Waals surface area contributed by atoms with Crippen LogP contribution in [0.25, 0.3) is 0 Å². The summed E-state index contributed by atoms with van der Waals surface area (Å²) in [5.74, 6) is 1.94. The average molecular weight is 279 g/mol. The minimum Gasteiger partial charge on any atom is -0.493 e. The number of methoxy groups -OCH3 is 3. The maximum atomic E-state index is 9.20. The highest BCUT2D eigenvalue weighted by Crippen LogP contribution is 2.45. The van der Waals surface area contributed by atoms with Crippen molar-refractivity contribution in [2.24, 2.45) is 5.16 Å². The molecule has 1 aromatic carbocycles. The lowest BCUT2D eigenvalue weighted by atomic mass is 9.82. The van der Waals surface area contributed by atoms with Crippen LogP contribution in [0, 0.1) is 0 Å². The molecule has 1 aromatic rings. The Bertz CT molecular complexity index is 499. The molecule has 0 amide bonds. The van der Waals surface area contributed by atoms with E-state index in [2.05, 4.69) is 5.16 Å². The van der Waals surface area contributed by atoms with E-state index < -0.39 is 0 Å². The van der Waals surface area contributed by atoms with Crippen molar-refractivity contribution >= 4 is 5.71 Å². The molecule has 5 heteroatoms. The molecule has 2 rings (SSSR count). The van der Waals surface area contributed by atoms with Gasteiger partial charge in [-0.25, -0.2) is 0 Å². The molecule has 0 heterocycles. The van der Waals surface area contributed by atoms with Crippen molar-refractivity contribution in [1.82, 2.24) is 0 Å². The summed E-state index contributed by atoms with van der Waals surface area (Å²) in [7, 11) is 4.80. The summed E-state index contributed by atoms with van der Waals surface area (Å²) in [6.07, 6.45) is 3.94. The second kappa shape index (κ2) is 6.50. The average Bonchev–Trinajstić information content (AvgIpc) is 2.53. The Hall–Kier alpha value is -1.91. The predicted octanol–water partition coefficient (Wildman–Crippen LogP) is 3.20. The van der Waals surface area contributed by atoms with Crippen molar-refractivity contribution in [2.75, 3.05) is 21.3 Å². The number of rotatable bonds is 4. The Labute approximate surface area is 119 Å². The van der Waals surface area contributed by atoms with Gasteiger partial charge in [-0.15, -0.1) is 0 Å². The SMILES string of the molecule is COc1ccc([C@@H]2CCCC/C2=N/O)c(OC)c1OC. The van der Waals surface area contributed by atoms with Crippen LogP contribution in [0.3, 0.4) is 0 Å². The molecule has 1 N–H and O–H groups in total. The first-order chi connectivity index (χ1) is 9.76. The van der Waals surface area contributed by atoms with Crippen LogP contribution >= 0.6 is 0 Å². The van der Waals surface area contributed by atoms with E-state index in [1.807, 2.05) is 12.1 Å². The van der Waals surface area contributed by atoms with Gasteiger partial charge in [0.2, 0.25) is 5.75 Å². The van der Waals surface area contributed by atoms with E-state index in [1.165, 1.54) is 0 Å². The summed E-state index contributed by atoms with van der Waals surface area (Å²) >= 11 is 0. The number of nitrogens with zero attached hydrogens (tertiary/aromatic N) is 1. The Morgan fingerprint density at radius 1 is 1.05 bits per heavy atom. The van der Waals surface area contributed by atoms with Gasteiger partial charge >= 0.3 is 0 Å². The van der Waals surface area contributed by atoms with E-state index >= 15 is 0 Å². The second-order valence-electron chi connectivity index (χ2n) is 4.81. The van der Waals surface area contributed by atoms with Gasteiger partial charge in [0.25, 0.3) is 0 Å². The van der Waals surface area contributed by atoms with Gasteiger partial charge in [-0.3, -0.25) is 0 Å². The third-order valence-electron chi connectivity index (χ3n) is 3.82. The number of hydrogen-bond acceptors (Lipinski definition) is 5. The molecule has 5 nitrogen and oxygen atoms in total. The first-order valence-corrected chi connectivity index (χ1v) is 6.76. The molecule has 1 saturated carbocycles. The molecule has 1 aliphatic rings. The Morgan fingerprint density at radius 3 is 2.40 bits per heavy atom. The van der Waals surface area contributed by atoms with Gasteiger partial charge in [0.1, 0.15) is 0 Å². The molecule has 0 unspecified atom stereocenters. The van der Waals surface area contributed by atoms with Crippen LogP contribution < -0.4 is 14.2 Å². The molecule has 0 saturated heterocycles. The summed E-state index contributed by atoms with van der Waals surface area (Å²) in [6.45, 7) is 0. The topological polar surface area (TPSA) is 60.3 Å². The first kappa shape index (κ1) is 14.5. The number of benzene rings is 1. The van der Waals surface area contributed by atoms with Gasteiger partial charge in [-0.1, -0.05) is 17.6 Å². The molecule has 20 heavy (non-hydrogen) atoms. The van der Waals surface area contributed by atoms with Gasteiger partial charge < -0.3 is 19.4 Å². The molecule has 1 atom stereocenters. The van der Waals surface area contributed by atoms with Crippen molar-refractivity contribution < 1.29 is 19.4 Å². The maximum absolute atomic E-state index is 9.20. The molecule has 0 aliphatic heterocycles. The van der Waals surface area contributed by atoms with Crippen LogP contribution in [0.15, 0.2) is 17.3 Å². The van der Waals surface area contributed by atoms with Gasteiger partial charge in [0.05, 0.1) is 27.0 Å². The molecule has 0 spiro atoms. The smallest absolute Gasteiger partial charge is 0.203 e. The fraction of sp³-hybridized carbons (Fsp3) is 0.533. The summed E-state index contributed by atoms with van der Waals surface area (Å²) in [6, 6.07) is 3.82. The zero-order chi connectivity index (χ0) is 14.5. The molecule has 0 radical (unpaired) electrons. The van der Waals surface area contributed by atoms with E-state index in [0.29, 0.717) is 17.2 Å². The molecule has 1 fully saturated rings. The Kier molecular flexibility index (Phi) is 4.71. The molecule has 0 aromatic heterocycles. The molecule has 1 aliphatic carbocycles. The lowest BCUT2D eigenvalue weighted by Crippen LogP contribution is -2.18. The predicted molar refractivity (Wildman–Crippen MR) is 76.5 cm³/mol. The monoisotopic (exact) mass is 279 g/mol. The van der Waals surface area contributed by atoms with Crippen LogP contribution in [-0.4, -0.2) is 32.2 Å². The van der Waals surface area contributed by atoms with E-state index in [-0.39, 0.29) is 5.92 Å². The highest BCUT2D eigenvalue weighted by Gasteiger charge is 2.28. The fourth-order valence-electron chi connectivity index (χ4n) is 2.85. The van der Waals surface area contributed by atoms with E-state index in [9.17, 15) is 5.21 Å². The quantitative estimate of drug-likeness (QED) is 0.679. The van der Waals surface area contributed by atoms with Crippen molar-refractivity contribution in [1.29, 1.82) is 0 Å². The number of hydrogen-bond donors (Lipinski definition) is 1. The zero-order valence-corrected chi connectivity index (χ0v) is 12.2. The largest absolute Gasteiger partial charge is 0.493 e. The van der Waals surface area contributed by atoms with Gasteiger partial charge in [-0.2, -0.15) is 0 Å². The van der Waals surface area contributed by atoms with Crippen LogP contribution in [-0.2, 0) is 0 Å². The summed E-state index contributed by atoms with van der Waals surface area (Å²) < 4.78 is 16.2. The lowest BCUT2D eigenvalue weighted by molar-refractivity contribution is 0.310. The van der Waals surface area contributed by atoms with Gasteiger partial charge in [0.15, 0.2) is 11.5 Å². The lowest BCUT2D eigenvalue weighted by Gasteiger charge is -2.26. The number of ether oxygens (including phenoxy) is 3.